The van der Waals surface area contributed by atoms with Crippen LogP contribution in [0.15, 0.2) is 0 Å². The summed E-state index contributed by atoms with van der Waals surface area (Å²) in [6, 6.07) is 0.208. The summed E-state index contributed by atoms with van der Waals surface area (Å²) in [5, 5.41) is 3.08. The maximum Gasteiger partial charge on any atom is 0.114 e. The van der Waals surface area contributed by atoms with E-state index in [9.17, 15) is 4.39 Å². The Labute approximate surface area is 73.5 Å². The Bertz CT molecular complexity index is 144. The van der Waals surface area contributed by atoms with Crippen molar-refractivity contribution in [1.29, 1.82) is 0 Å². The Kier molecular flexibility index (Phi) is 3.07. The SMILES string of the molecule is CC(C)(C)OC[C@@H]1C[C@@H](F)CN1. The van der Waals surface area contributed by atoms with Crippen LogP contribution >= 0.6 is 0 Å². The molecule has 1 rings (SSSR count). The monoisotopic (exact) mass is 175 g/mol. The number of ether oxygens (including phenoxy) is 1. The molecular weight excluding hydrogens is 157 g/mol. The molecule has 0 bridgehead atoms. The van der Waals surface area contributed by atoms with Crippen molar-refractivity contribution in [3.63, 3.8) is 0 Å². The van der Waals surface area contributed by atoms with Gasteiger partial charge in [-0.2, -0.15) is 0 Å². The summed E-state index contributed by atoms with van der Waals surface area (Å²) >= 11 is 0. The lowest BCUT2D eigenvalue weighted by atomic mass is 10.2. The van der Waals surface area contributed by atoms with Gasteiger partial charge in [-0.15, -0.1) is 0 Å². The van der Waals surface area contributed by atoms with Crippen molar-refractivity contribution in [1.82, 2.24) is 5.32 Å². The van der Waals surface area contributed by atoms with E-state index in [1.165, 1.54) is 0 Å². The number of rotatable bonds is 2. The quantitative estimate of drug-likeness (QED) is 0.686. The number of nitrogens with one attached hydrogen (secondary N) is 1. The van der Waals surface area contributed by atoms with Gasteiger partial charge in [0.15, 0.2) is 0 Å². The first-order valence-electron chi connectivity index (χ1n) is 4.49. The summed E-state index contributed by atoms with van der Waals surface area (Å²) in [7, 11) is 0. The van der Waals surface area contributed by atoms with E-state index < -0.39 is 6.17 Å². The third-order valence-corrected chi connectivity index (χ3v) is 1.89. The van der Waals surface area contributed by atoms with Crippen LogP contribution in [0.4, 0.5) is 4.39 Å². The summed E-state index contributed by atoms with van der Waals surface area (Å²) < 4.78 is 18.2. The van der Waals surface area contributed by atoms with Crippen LogP contribution in [0.1, 0.15) is 27.2 Å². The molecule has 0 aromatic rings. The molecule has 2 nitrogen and oxygen atoms in total. The lowest BCUT2D eigenvalue weighted by Gasteiger charge is -2.22. The molecule has 0 saturated carbocycles. The first kappa shape index (κ1) is 9.93. The fraction of sp³-hybridized carbons (Fsp3) is 1.00. The Morgan fingerprint density at radius 3 is 2.58 bits per heavy atom. The predicted molar refractivity (Wildman–Crippen MR) is 47.0 cm³/mol. The summed E-state index contributed by atoms with van der Waals surface area (Å²) in [5.74, 6) is 0. The van der Waals surface area contributed by atoms with Crippen molar-refractivity contribution in [2.75, 3.05) is 13.2 Å². The number of halogens is 1. The molecule has 0 aromatic carbocycles. The lowest BCUT2D eigenvalue weighted by Crippen LogP contribution is -2.31. The zero-order valence-corrected chi connectivity index (χ0v) is 8.06. The zero-order chi connectivity index (χ0) is 9.19. The van der Waals surface area contributed by atoms with E-state index in [-0.39, 0.29) is 11.6 Å². The van der Waals surface area contributed by atoms with Crippen LogP contribution in [0.25, 0.3) is 0 Å². The molecule has 1 aliphatic heterocycles. The van der Waals surface area contributed by atoms with Crippen LogP contribution in [0.5, 0.6) is 0 Å². The molecule has 3 heteroatoms. The average Bonchev–Trinajstić information content (AvgIpc) is 2.30. The largest absolute Gasteiger partial charge is 0.374 e. The van der Waals surface area contributed by atoms with Crippen LogP contribution in [0.3, 0.4) is 0 Å². The van der Waals surface area contributed by atoms with Crippen molar-refractivity contribution < 1.29 is 9.13 Å². The third kappa shape index (κ3) is 3.50. The van der Waals surface area contributed by atoms with Gasteiger partial charge in [-0.05, 0) is 27.2 Å². The van der Waals surface area contributed by atoms with Gasteiger partial charge in [0.05, 0.1) is 12.2 Å². The molecule has 1 fully saturated rings. The standard InChI is InChI=1S/C9H18FNO/c1-9(2,3)12-6-8-4-7(10)5-11-8/h7-8,11H,4-6H2,1-3H3/t7-,8+/m1/s1. The van der Waals surface area contributed by atoms with Crippen molar-refractivity contribution in [3.05, 3.63) is 0 Å². The smallest absolute Gasteiger partial charge is 0.114 e. The van der Waals surface area contributed by atoms with Gasteiger partial charge in [0, 0.05) is 12.6 Å². The summed E-state index contributed by atoms with van der Waals surface area (Å²) in [5.41, 5.74) is -0.115. The normalized spacial score (nSPS) is 31.0. The van der Waals surface area contributed by atoms with Gasteiger partial charge >= 0.3 is 0 Å². The highest BCUT2D eigenvalue weighted by Crippen LogP contribution is 2.13. The van der Waals surface area contributed by atoms with Gasteiger partial charge in [-0.25, -0.2) is 4.39 Å². The maximum atomic E-state index is 12.7. The summed E-state index contributed by atoms with van der Waals surface area (Å²) in [6.07, 6.45) is -0.0885. The van der Waals surface area contributed by atoms with E-state index in [1.807, 2.05) is 20.8 Å². The number of alkyl halides is 1. The molecule has 1 heterocycles. The molecule has 2 atom stereocenters. The fourth-order valence-electron chi connectivity index (χ4n) is 1.25. The van der Waals surface area contributed by atoms with E-state index in [4.69, 9.17) is 4.74 Å². The highest BCUT2D eigenvalue weighted by molar-refractivity contribution is 4.81. The van der Waals surface area contributed by atoms with E-state index in [2.05, 4.69) is 5.32 Å². The van der Waals surface area contributed by atoms with E-state index >= 15 is 0 Å². The summed E-state index contributed by atoms with van der Waals surface area (Å²) in [4.78, 5) is 0. The van der Waals surface area contributed by atoms with Gasteiger partial charge in [-0.3, -0.25) is 0 Å². The molecule has 1 N–H and O–H groups in total. The average molecular weight is 175 g/mol. The van der Waals surface area contributed by atoms with Gasteiger partial charge in [-0.1, -0.05) is 0 Å². The van der Waals surface area contributed by atoms with Crippen LogP contribution in [0.2, 0.25) is 0 Å². The molecule has 0 aromatic heterocycles. The van der Waals surface area contributed by atoms with Crippen molar-refractivity contribution in [2.45, 2.75) is 45.0 Å². The minimum absolute atomic E-state index is 0.115. The molecule has 0 amide bonds. The summed E-state index contributed by atoms with van der Waals surface area (Å²) in [6.45, 7) is 7.13. The number of hydrogen-bond acceptors (Lipinski definition) is 2. The minimum Gasteiger partial charge on any atom is -0.374 e. The zero-order valence-electron chi connectivity index (χ0n) is 8.06. The molecule has 1 saturated heterocycles. The number of hydrogen-bond donors (Lipinski definition) is 1. The minimum atomic E-state index is -0.682. The van der Waals surface area contributed by atoms with Crippen LogP contribution in [-0.4, -0.2) is 31.0 Å². The molecule has 12 heavy (non-hydrogen) atoms. The van der Waals surface area contributed by atoms with Crippen LogP contribution in [0, 0.1) is 0 Å². The Hall–Kier alpha value is -0.150. The van der Waals surface area contributed by atoms with Gasteiger partial charge in [0.1, 0.15) is 6.17 Å². The first-order chi connectivity index (χ1) is 5.47. The first-order valence-corrected chi connectivity index (χ1v) is 4.49. The second-order valence-electron chi connectivity index (χ2n) is 4.36. The topological polar surface area (TPSA) is 21.3 Å². The predicted octanol–water partition coefficient (Wildman–Crippen LogP) is 1.50. The van der Waals surface area contributed by atoms with Crippen molar-refractivity contribution >= 4 is 0 Å². The molecule has 0 spiro atoms. The van der Waals surface area contributed by atoms with Gasteiger partial charge < -0.3 is 10.1 Å². The Morgan fingerprint density at radius 2 is 2.17 bits per heavy atom. The molecular formula is C9H18FNO. The molecule has 0 unspecified atom stereocenters. The highest BCUT2D eigenvalue weighted by atomic mass is 19.1. The molecule has 1 aliphatic rings. The van der Waals surface area contributed by atoms with Gasteiger partial charge in [0.2, 0.25) is 0 Å². The van der Waals surface area contributed by atoms with E-state index in [0.717, 1.165) is 0 Å². The van der Waals surface area contributed by atoms with Crippen molar-refractivity contribution in [2.24, 2.45) is 0 Å². The third-order valence-electron chi connectivity index (χ3n) is 1.89. The van der Waals surface area contributed by atoms with Gasteiger partial charge in [0.25, 0.3) is 0 Å². The molecule has 72 valence electrons. The fourth-order valence-corrected chi connectivity index (χ4v) is 1.25. The van der Waals surface area contributed by atoms with Crippen LogP contribution < -0.4 is 5.32 Å². The highest BCUT2D eigenvalue weighted by Gasteiger charge is 2.24. The molecule has 0 radical (unpaired) electrons. The molecule has 0 aliphatic carbocycles. The maximum absolute atomic E-state index is 12.7. The van der Waals surface area contributed by atoms with Crippen molar-refractivity contribution in [3.8, 4) is 0 Å². The Morgan fingerprint density at radius 1 is 1.50 bits per heavy atom. The van der Waals surface area contributed by atoms with E-state index in [0.29, 0.717) is 19.6 Å². The van der Waals surface area contributed by atoms with E-state index in [1.54, 1.807) is 0 Å². The lowest BCUT2D eigenvalue weighted by molar-refractivity contribution is -0.0127. The second-order valence-corrected chi connectivity index (χ2v) is 4.36. The van der Waals surface area contributed by atoms with Crippen LogP contribution in [-0.2, 0) is 4.74 Å². The Balaban J connectivity index is 2.16. The second kappa shape index (κ2) is 3.71.